The largest absolute Gasteiger partial charge is 0.350 e. The number of nitrogens with zero attached hydrogens (tertiary/aromatic N) is 4. The average Bonchev–Trinajstić information content (AvgIpc) is 2.99. The summed E-state index contributed by atoms with van der Waals surface area (Å²) in [5, 5.41) is 9.30. The van der Waals surface area contributed by atoms with Gasteiger partial charge in [-0.15, -0.1) is 0 Å². The molecule has 0 amide bonds. The molecular formula is C16H11FN6O. The molecule has 0 radical (unpaired) electrons. The molecule has 0 saturated heterocycles. The first-order valence-corrected chi connectivity index (χ1v) is 7.13. The Morgan fingerprint density at radius 2 is 1.96 bits per heavy atom. The maximum atomic E-state index is 13.0. The molecule has 2 N–H and O–H groups in total. The number of anilines is 2. The van der Waals surface area contributed by atoms with Crippen molar-refractivity contribution in [2.75, 3.05) is 5.32 Å². The Morgan fingerprint density at radius 1 is 1.12 bits per heavy atom. The third-order valence-corrected chi connectivity index (χ3v) is 3.44. The number of benzene rings is 1. The van der Waals surface area contributed by atoms with Crippen LogP contribution in [-0.2, 0) is 0 Å². The van der Waals surface area contributed by atoms with Gasteiger partial charge in [-0.05, 0) is 12.1 Å². The molecule has 0 saturated carbocycles. The van der Waals surface area contributed by atoms with E-state index in [1.54, 1.807) is 6.07 Å². The van der Waals surface area contributed by atoms with Crippen LogP contribution in [-0.4, -0.2) is 24.6 Å². The van der Waals surface area contributed by atoms with Crippen molar-refractivity contribution in [1.82, 2.24) is 24.6 Å². The fourth-order valence-corrected chi connectivity index (χ4v) is 2.33. The van der Waals surface area contributed by atoms with Crippen molar-refractivity contribution in [1.29, 1.82) is 0 Å². The molecule has 3 aromatic heterocycles. The second kappa shape index (κ2) is 5.58. The smallest absolute Gasteiger partial charge is 0.310 e. The molecule has 0 bridgehead atoms. The van der Waals surface area contributed by atoms with Crippen molar-refractivity contribution >= 4 is 17.4 Å². The molecule has 4 aromatic rings. The molecule has 1 aromatic carbocycles. The second-order valence-corrected chi connectivity index (χ2v) is 5.04. The van der Waals surface area contributed by atoms with Crippen molar-refractivity contribution in [2.45, 2.75) is 0 Å². The number of nitrogens with one attached hydrogen (secondary N) is 2. The molecule has 24 heavy (non-hydrogen) atoms. The molecule has 0 aliphatic carbocycles. The van der Waals surface area contributed by atoms with Crippen molar-refractivity contribution < 1.29 is 4.39 Å². The fraction of sp³-hybridized carbons (Fsp3) is 0. The summed E-state index contributed by atoms with van der Waals surface area (Å²) >= 11 is 0. The third kappa shape index (κ3) is 2.50. The number of rotatable bonds is 3. The Morgan fingerprint density at radius 3 is 2.71 bits per heavy atom. The summed E-state index contributed by atoms with van der Waals surface area (Å²) in [6, 6.07) is 13.9. The SMILES string of the molecule is O=c1[nH]nc2cc(-c3ccccc3)nc(Nc3ccc(F)cn3)n12. The van der Waals surface area contributed by atoms with Gasteiger partial charge in [0.1, 0.15) is 11.6 Å². The van der Waals surface area contributed by atoms with Crippen LogP contribution in [0, 0.1) is 5.82 Å². The number of fused-ring (bicyclic) bond motifs is 1. The van der Waals surface area contributed by atoms with Crippen LogP contribution in [0.1, 0.15) is 0 Å². The second-order valence-electron chi connectivity index (χ2n) is 5.04. The first-order chi connectivity index (χ1) is 11.7. The predicted molar refractivity (Wildman–Crippen MR) is 86.5 cm³/mol. The molecule has 0 fully saturated rings. The molecule has 7 nitrogen and oxygen atoms in total. The summed E-state index contributed by atoms with van der Waals surface area (Å²) in [5.41, 5.74) is 1.51. The Hall–Kier alpha value is -3.55. The van der Waals surface area contributed by atoms with Crippen molar-refractivity contribution in [3.8, 4) is 11.3 Å². The minimum atomic E-state index is -0.447. The van der Waals surface area contributed by atoms with Gasteiger partial charge in [0.25, 0.3) is 0 Å². The van der Waals surface area contributed by atoms with Gasteiger partial charge < -0.3 is 5.32 Å². The zero-order valence-electron chi connectivity index (χ0n) is 12.3. The first-order valence-electron chi connectivity index (χ1n) is 7.13. The highest BCUT2D eigenvalue weighted by Gasteiger charge is 2.12. The Labute approximate surface area is 134 Å². The minimum Gasteiger partial charge on any atom is -0.310 e. The number of hydrogen-bond donors (Lipinski definition) is 2. The van der Waals surface area contributed by atoms with Crippen LogP contribution in [0.4, 0.5) is 16.2 Å². The number of halogens is 1. The number of H-pyrrole nitrogens is 1. The quantitative estimate of drug-likeness (QED) is 0.604. The van der Waals surface area contributed by atoms with E-state index in [9.17, 15) is 9.18 Å². The molecule has 3 heterocycles. The van der Waals surface area contributed by atoms with E-state index in [1.807, 2.05) is 30.3 Å². The monoisotopic (exact) mass is 322 g/mol. The van der Waals surface area contributed by atoms with Gasteiger partial charge in [0.15, 0.2) is 5.65 Å². The normalized spacial score (nSPS) is 10.9. The van der Waals surface area contributed by atoms with Crippen LogP contribution in [0.15, 0.2) is 59.5 Å². The van der Waals surface area contributed by atoms with Crippen LogP contribution in [0.3, 0.4) is 0 Å². The van der Waals surface area contributed by atoms with Gasteiger partial charge in [-0.3, -0.25) is 0 Å². The molecular weight excluding hydrogens is 311 g/mol. The lowest BCUT2D eigenvalue weighted by atomic mass is 10.1. The number of pyridine rings is 1. The van der Waals surface area contributed by atoms with E-state index >= 15 is 0 Å². The Kier molecular flexibility index (Phi) is 3.27. The zero-order chi connectivity index (χ0) is 16.5. The fourth-order valence-electron chi connectivity index (χ4n) is 2.33. The van der Waals surface area contributed by atoms with E-state index in [-0.39, 0.29) is 5.95 Å². The lowest BCUT2D eigenvalue weighted by Crippen LogP contribution is -2.15. The predicted octanol–water partition coefficient (Wildman–Crippen LogP) is 2.36. The van der Waals surface area contributed by atoms with E-state index in [0.29, 0.717) is 17.2 Å². The number of hydrogen-bond acceptors (Lipinski definition) is 5. The zero-order valence-corrected chi connectivity index (χ0v) is 12.3. The highest BCUT2D eigenvalue weighted by atomic mass is 19.1. The van der Waals surface area contributed by atoms with Crippen LogP contribution in [0.5, 0.6) is 0 Å². The molecule has 8 heteroatoms. The van der Waals surface area contributed by atoms with Crippen molar-refractivity contribution in [3.05, 3.63) is 71.0 Å². The van der Waals surface area contributed by atoms with Crippen LogP contribution < -0.4 is 11.0 Å². The lowest BCUT2D eigenvalue weighted by molar-refractivity contribution is 0.622. The van der Waals surface area contributed by atoms with E-state index in [1.165, 1.54) is 16.5 Å². The van der Waals surface area contributed by atoms with Gasteiger partial charge in [-0.1, -0.05) is 30.3 Å². The van der Waals surface area contributed by atoms with Gasteiger partial charge in [0.2, 0.25) is 5.95 Å². The van der Waals surface area contributed by atoms with Gasteiger partial charge in [-0.25, -0.2) is 28.7 Å². The first kappa shape index (κ1) is 14.1. The number of aromatic amines is 1. The third-order valence-electron chi connectivity index (χ3n) is 3.44. The van der Waals surface area contributed by atoms with Gasteiger partial charge >= 0.3 is 5.69 Å². The van der Waals surface area contributed by atoms with Gasteiger partial charge in [0.05, 0.1) is 11.9 Å². The molecule has 0 aliphatic heterocycles. The van der Waals surface area contributed by atoms with Crippen LogP contribution in [0.25, 0.3) is 16.9 Å². The van der Waals surface area contributed by atoms with Gasteiger partial charge in [0, 0.05) is 11.6 Å². The highest BCUT2D eigenvalue weighted by Crippen LogP contribution is 2.21. The summed E-state index contributed by atoms with van der Waals surface area (Å²) < 4.78 is 14.3. The molecule has 0 aliphatic rings. The summed E-state index contributed by atoms with van der Waals surface area (Å²) in [6.45, 7) is 0. The van der Waals surface area contributed by atoms with E-state index < -0.39 is 11.5 Å². The van der Waals surface area contributed by atoms with Gasteiger partial charge in [-0.2, -0.15) is 5.10 Å². The average molecular weight is 322 g/mol. The maximum Gasteiger partial charge on any atom is 0.350 e. The molecule has 0 atom stereocenters. The lowest BCUT2D eigenvalue weighted by Gasteiger charge is -2.09. The van der Waals surface area contributed by atoms with Crippen LogP contribution >= 0.6 is 0 Å². The molecule has 4 rings (SSSR count). The maximum absolute atomic E-state index is 13.0. The summed E-state index contributed by atoms with van der Waals surface area (Å²) in [4.78, 5) is 20.4. The molecule has 0 spiro atoms. The highest BCUT2D eigenvalue weighted by molar-refractivity contribution is 5.66. The Balaban J connectivity index is 1.87. The van der Waals surface area contributed by atoms with E-state index in [0.717, 1.165) is 11.8 Å². The standard InChI is InChI=1S/C16H11FN6O/c17-11-6-7-13(18-9-11)20-15-19-12(10-4-2-1-3-5-10)8-14-21-22-16(24)23(14)15/h1-9H,(H,22,24)(H,18,19,20). The summed E-state index contributed by atoms with van der Waals surface area (Å²) in [5.74, 6) is 0.157. The molecule has 118 valence electrons. The van der Waals surface area contributed by atoms with E-state index in [4.69, 9.17) is 0 Å². The minimum absolute atomic E-state index is 0.240. The Bertz CT molecular complexity index is 1060. The topological polar surface area (TPSA) is 88.0 Å². The van der Waals surface area contributed by atoms with Crippen LogP contribution in [0.2, 0.25) is 0 Å². The van der Waals surface area contributed by atoms with Crippen molar-refractivity contribution in [3.63, 3.8) is 0 Å². The summed E-state index contributed by atoms with van der Waals surface area (Å²) in [6.07, 6.45) is 1.08. The summed E-state index contributed by atoms with van der Waals surface area (Å²) in [7, 11) is 0. The molecule has 0 unspecified atom stereocenters. The van der Waals surface area contributed by atoms with E-state index in [2.05, 4.69) is 25.5 Å². The van der Waals surface area contributed by atoms with Crippen molar-refractivity contribution in [2.24, 2.45) is 0 Å². The number of aromatic nitrogens is 5.